The Morgan fingerprint density at radius 1 is 0.270 bits per heavy atom. The predicted molar refractivity (Wildman–Crippen MR) is 481 cm³/mol. The van der Waals surface area contributed by atoms with Gasteiger partial charge < -0.3 is 28.1 Å². The fourth-order valence-corrected chi connectivity index (χ4v) is 19.4. The summed E-state index contributed by atoms with van der Waals surface area (Å²) in [6.07, 6.45) is 7.39. The maximum absolute atomic E-state index is 2.88. The number of nitrogens with zero attached hydrogens (tertiary/aromatic N) is 6. The van der Waals surface area contributed by atoms with Crippen LogP contribution in [-0.2, 0) is 43.3 Å². The minimum Gasteiger partial charge on any atom is -0.330 e. The minimum absolute atomic E-state index is 0.0817. The van der Waals surface area contributed by atoms with Gasteiger partial charge in [-0.05, 0) is 232 Å². The number of hydrogen-bond acceptors (Lipinski definition) is 2. The smallest absolute Gasteiger partial charge is 0.252 e. The molecule has 0 amide bonds. The molecule has 1 aliphatic carbocycles. The molecule has 0 saturated heterocycles. The van der Waals surface area contributed by atoms with E-state index in [1.54, 1.807) is 0 Å². The highest BCUT2D eigenvalue weighted by atomic mass is 15.3. The third-order valence-corrected chi connectivity index (χ3v) is 25.8. The van der Waals surface area contributed by atoms with Gasteiger partial charge in [0.2, 0.25) is 0 Å². The Labute approximate surface area is 658 Å². The fourth-order valence-electron chi connectivity index (χ4n) is 19.4. The van der Waals surface area contributed by atoms with Gasteiger partial charge >= 0.3 is 0 Å². The second kappa shape index (κ2) is 23.2. The monoisotopic (exact) mass is 1450 g/mol. The SMILES string of the molecule is CC(C)(C)c1ccc2c(c1)c1cc(C(C)(C)C)ccc1n2C1=CC=CC2C1N(c1cc3c4c(c1)-n1c5ccc(C(C)(C)C)cc5c5cc(C(C)(C)C)cc(c51)B4c1cc(C(C)(C)C)cc4c5cc(C(C)(C)C)ccc5n-3c14)c1c(cccc1-n1c3ccc(C(C)(C)C)cc3c3cc(C(C)(C)C)ccc31)N2c1ccccc1. The zero-order chi connectivity index (χ0) is 78.2. The molecule has 0 fully saturated rings. The summed E-state index contributed by atoms with van der Waals surface area (Å²) in [5, 5.41) is 10.3. The van der Waals surface area contributed by atoms with Crippen LogP contribution in [0.25, 0.3) is 110 Å². The molecule has 2 unspecified atom stereocenters. The van der Waals surface area contributed by atoms with Gasteiger partial charge in [0.1, 0.15) is 0 Å². The average Bonchev–Trinajstić information content (AvgIpc) is 1.54. The molecule has 7 heterocycles. The molecule has 19 rings (SSSR count). The zero-order valence-corrected chi connectivity index (χ0v) is 70.1. The van der Waals surface area contributed by atoms with Gasteiger partial charge in [0.15, 0.2) is 0 Å². The van der Waals surface area contributed by atoms with E-state index in [1.807, 2.05) is 0 Å². The summed E-state index contributed by atoms with van der Waals surface area (Å²) >= 11 is 0. The van der Waals surface area contributed by atoms with Crippen molar-refractivity contribution in [1.29, 1.82) is 0 Å². The van der Waals surface area contributed by atoms with E-state index >= 15 is 0 Å². The van der Waals surface area contributed by atoms with Crippen molar-refractivity contribution in [2.24, 2.45) is 0 Å². The number of anilines is 4. The lowest BCUT2D eigenvalue weighted by atomic mass is 9.34. The lowest BCUT2D eigenvalue weighted by molar-refractivity contribution is 0.590. The van der Waals surface area contributed by atoms with Crippen LogP contribution in [0.3, 0.4) is 0 Å². The molecular weight excluding hydrogens is 1340 g/mol. The van der Waals surface area contributed by atoms with E-state index in [4.69, 9.17) is 0 Å². The first-order valence-electron chi connectivity index (χ1n) is 40.9. The standard InChI is InChI=1S/C104H109BN6/c1-97(2,3)60-36-42-80-70(48-60)71-49-61(98(4,5)6)37-43-81(71)108(80)88-34-28-32-86-95(88)107(96-87(106(86)68-30-26-25-27-31-68)33-29-35-89(96)109-82-44-38-62(99(7,8)9)50-72(82)73-51-63(100(10,11)12)39-45-83(73)109)69-58-90-92-91(59-69)111-85-47-41-65(102(16,17)18)53-75(85)77-55-67(104(22,23)24)57-79(94(77)111)105(92)78-56-66(103(19,20)21)54-76-74-52-64(101(13,14)15)40-46-84(74)110(90)93(76)78/h25-59,86,95H,1-24H3. The van der Waals surface area contributed by atoms with Gasteiger partial charge in [-0.2, -0.15) is 0 Å². The zero-order valence-electron chi connectivity index (χ0n) is 70.1. The van der Waals surface area contributed by atoms with Crippen molar-refractivity contribution in [3.8, 4) is 17.1 Å². The molecule has 15 aromatic rings. The second-order valence-electron chi connectivity index (χ2n) is 41.6. The summed E-state index contributed by atoms with van der Waals surface area (Å²) in [5.41, 5.74) is 33.1. The van der Waals surface area contributed by atoms with Crippen molar-refractivity contribution in [3.63, 3.8) is 0 Å². The van der Waals surface area contributed by atoms with E-state index in [9.17, 15) is 0 Å². The Morgan fingerprint density at radius 3 is 0.973 bits per heavy atom. The highest BCUT2D eigenvalue weighted by molar-refractivity contribution is 7.00. The predicted octanol–water partition coefficient (Wildman–Crippen LogP) is 25.7. The Balaban J connectivity index is 1.02. The van der Waals surface area contributed by atoms with Gasteiger partial charge in [-0.15, -0.1) is 0 Å². The molecule has 2 atom stereocenters. The van der Waals surface area contributed by atoms with Crippen molar-refractivity contribution < 1.29 is 0 Å². The van der Waals surface area contributed by atoms with Crippen LogP contribution in [0, 0.1) is 0 Å². The summed E-state index contributed by atoms with van der Waals surface area (Å²) in [4.78, 5) is 5.58. The van der Waals surface area contributed by atoms with Crippen molar-refractivity contribution in [2.45, 2.75) is 222 Å². The molecule has 0 N–H and O–H groups in total. The molecule has 0 radical (unpaired) electrons. The summed E-state index contributed by atoms with van der Waals surface area (Å²) < 4.78 is 10.8. The van der Waals surface area contributed by atoms with Gasteiger partial charge in [-0.25, -0.2) is 0 Å². The largest absolute Gasteiger partial charge is 0.330 e. The Hall–Kier alpha value is -10.2. The lowest BCUT2D eigenvalue weighted by Gasteiger charge is -2.52. The van der Waals surface area contributed by atoms with E-state index in [0.29, 0.717) is 0 Å². The van der Waals surface area contributed by atoms with E-state index in [0.717, 1.165) is 28.4 Å². The Bertz CT molecular complexity index is 6280. The van der Waals surface area contributed by atoms with Gasteiger partial charge in [-0.1, -0.05) is 251 Å². The highest BCUT2D eigenvalue weighted by Crippen LogP contribution is 2.56. The van der Waals surface area contributed by atoms with Crippen molar-refractivity contribution in [1.82, 2.24) is 18.3 Å². The van der Waals surface area contributed by atoms with Crippen molar-refractivity contribution in [3.05, 3.63) is 257 Å². The van der Waals surface area contributed by atoms with Crippen LogP contribution in [0.2, 0.25) is 0 Å². The Morgan fingerprint density at radius 2 is 0.604 bits per heavy atom. The lowest BCUT2D eigenvalue weighted by Crippen LogP contribution is -2.60. The first-order valence-corrected chi connectivity index (χ1v) is 40.9. The van der Waals surface area contributed by atoms with Crippen LogP contribution in [0.1, 0.15) is 211 Å². The number of aromatic nitrogens is 4. The molecule has 4 aliphatic rings. The van der Waals surface area contributed by atoms with Gasteiger partial charge in [0.05, 0.1) is 62.2 Å². The van der Waals surface area contributed by atoms with E-state index in [-0.39, 0.29) is 62.1 Å². The number of para-hydroxylation sites is 2. The molecule has 0 bridgehead atoms. The molecule has 4 aromatic heterocycles. The van der Waals surface area contributed by atoms with Crippen LogP contribution in [0.5, 0.6) is 0 Å². The Kier molecular flexibility index (Phi) is 14.9. The summed E-state index contributed by atoms with van der Waals surface area (Å²) in [5.74, 6) is 0. The summed E-state index contributed by atoms with van der Waals surface area (Å²) in [6.45, 7) is 56.9. The highest BCUT2D eigenvalue weighted by Gasteiger charge is 2.49. The molecule has 111 heavy (non-hydrogen) atoms. The quantitative estimate of drug-likeness (QED) is 0.164. The molecule has 3 aliphatic heterocycles. The maximum Gasteiger partial charge on any atom is 0.252 e. The van der Waals surface area contributed by atoms with Crippen LogP contribution in [-0.4, -0.2) is 37.1 Å². The van der Waals surface area contributed by atoms with Crippen molar-refractivity contribution >= 4 is 139 Å². The second-order valence-corrected chi connectivity index (χ2v) is 41.6. The molecule has 0 spiro atoms. The normalized spacial score (nSPS) is 16.3. The number of allylic oxidation sites excluding steroid dienone is 2. The van der Waals surface area contributed by atoms with E-state index in [1.165, 1.54) is 165 Å². The third kappa shape index (κ3) is 10.6. The average molecular weight is 1450 g/mol. The summed E-state index contributed by atoms with van der Waals surface area (Å²) in [6, 6.07) is 78.2. The number of hydrogen-bond donors (Lipinski definition) is 0. The van der Waals surface area contributed by atoms with E-state index < -0.39 is 0 Å². The van der Waals surface area contributed by atoms with Gasteiger partial charge in [0, 0.05) is 82.6 Å². The van der Waals surface area contributed by atoms with Crippen molar-refractivity contribution in [2.75, 3.05) is 9.80 Å². The number of fused-ring (bicyclic) bond motifs is 18. The first-order chi connectivity index (χ1) is 52.1. The topological polar surface area (TPSA) is 26.2 Å². The fraction of sp³-hybridized carbons (Fsp3) is 0.327. The molecule has 558 valence electrons. The van der Waals surface area contributed by atoms with Crippen LogP contribution in [0.15, 0.2) is 212 Å². The van der Waals surface area contributed by atoms with Gasteiger partial charge in [0.25, 0.3) is 6.71 Å². The minimum atomic E-state index is -0.358. The number of rotatable bonds is 4. The van der Waals surface area contributed by atoms with Crippen LogP contribution >= 0.6 is 0 Å². The van der Waals surface area contributed by atoms with E-state index in [2.05, 4.69) is 407 Å². The van der Waals surface area contributed by atoms with Crippen LogP contribution in [0.4, 0.5) is 22.7 Å². The van der Waals surface area contributed by atoms with Crippen LogP contribution < -0.4 is 26.2 Å². The maximum atomic E-state index is 2.88. The molecular formula is C104H109BN6. The molecule has 7 heteroatoms. The molecule has 6 nitrogen and oxygen atoms in total. The number of benzene rings is 11. The molecule has 0 saturated carbocycles. The van der Waals surface area contributed by atoms with Gasteiger partial charge in [-0.3, -0.25) is 0 Å². The first kappa shape index (κ1) is 71.1. The summed E-state index contributed by atoms with van der Waals surface area (Å²) in [7, 11) is 0. The molecule has 11 aromatic carbocycles. The third-order valence-electron chi connectivity index (χ3n) is 25.8.